The topological polar surface area (TPSA) is 34.0 Å². The van der Waals surface area contributed by atoms with E-state index in [1.807, 2.05) is 30.2 Å². The van der Waals surface area contributed by atoms with Crippen molar-refractivity contribution in [2.45, 2.75) is 18.7 Å². The number of imidazole rings is 1. The molecule has 0 aliphatic carbocycles. The molecule has 1 aliphatic rings. The summed E-state index contributed by atoms with van der Waals surface area (Å²) in [5.74, 6) is 1.48. The van der Waals surface area contributed by atoms with Gasteiger partial charge in [-0.1, -0.05) is 6.92 Å². The Labute approximate surface area is 112 Å². The van der Waals surface area contributed by atoms with E-state index in [2.05, 4.69) is 21.8 Å². The summed E-state index contributed by atoms with van der Waals surface area (Å²) >= 11 is 6.28. The van der Waals surface area contributed by atoms with Crippen LogP contribution in [-0.4, -0.2) is 33.0 Å². The molecule has 18 heavy (non-hydrogen) atoms. The van der Waals surface area contributed by atoms with Crippen molar-refractivity contribution in [3.05, 3.63) is 18.6 Å². The van der Waals surface area contributed by atoms with E-state index in [1.165, 1.54) is 0 Å². The summed E-state index contributed by atoms with van der Waals surface area (Å²) in [6.07, 6.45) is 4.71. The SMILES string of the molecule is CC1CN(c2nccc3c2ncn3C)CCC1Cl. The average molecular weight is 265 g/mol. The van der Waals surface area contributed by atoms with Crippen molar-refractivity contribution in [3.63, 3.8) is 0 Å². The highest BCUT2D eigenvalue weighted by Gasteiger charge is 2.26. The second-order valence-corrected chi connectivity index (χ2v) is 5.65. The molecule has 1 saturated heterocycles. The number of fused-ring (bicyclic) bond motifs is 1. The maximum atomic E-state index is 6.28. The van der Waals surface area contributed by atoms with Gasteiger partial charge in [0.15, 0.2) is 5.82 Å². The van der Waals surface area contributed by atoms with Gasteiger partial charge in [0.1, 0.15) is 5.52 Å². The lowest BCUT2D eigenvalue weighted by Crippen LogP contribution is -2.40. The third kappa shape index (κ3) is 1.85. The van der Waals surface area contributed by atoms with Crippen LogP contribution >= 0.6 is 11.6 Å². The van der Waals surface area contributed by atoms with Crippen LogP contribution in [0.3, 0.4) is 0 Å². The van der Waals surface area contributed by atoms with E-state index < -0.39 is 0 Å². The summed E-state index contributed by atoms with van der Waals surface area (Å²) in [5, 5.41) is 0.282. The van der Waals surface area contributed by atoms with Crippen molar-refractivity contribution < 1.29 is 0 Å². The van der Waals surface area contributed by atoms with Crippen LogP contribution in [0.5, 0.6) is 0 Å². The summed E-state index contributed by atoms with van der Waals surface area (Å²) in [7, 11) is 2.01. The monoisotopic (exact) mass is 264 g/mol. The summed E-state index contributed by atoms with van der Waals surface area (Å²) in [5.41, 5.74) is 2.11. The lowest BCUT2D eigenvalue weighted by atomic mass is 9.99. The van der Waals surface area contributed by atoms with E-state index in [-0.39, 0.29) is 5.38 Å². The minimum atomic E-state index is 0.282. The van der Waals surface area contributed by atoms with Gasteiger partial charge < -0.3 is 9.47 Å². The normalized spacial score (nSPS) is 24.7. The fourth-order valence-corrected chi connectivity index (χ4v) is 2.77. The highest BCUT2D eigenvalue weighted by molar-refractivity contribution is 6.20. The molecule has 0 amide bonds. The minimum absolute atomic E-state index is 0.282. The number of hydrogen-bond acceptors (Lipinski definition) is 3. The van der Waals surface area contributed by atoms with Crippen molar-refractivity contribution >= 4 is 28.5 Å². The number of rotatable bonds is 1. The molecule has 3 heterocycles. The van der Waals surface area contributed by atoms with Crippen LogP contribution < -0.4 is 4.90 Å². The Balaban J connectivity index is 1.99. The predicted molar refractivity (Wildman–Crippen MR) is 74.1 cm³/mol. The maximum absolute atomic E-state index is 6.28. The first-order valence-electron chi connectivity index (χ1n) is 6.32. The number of aromatic nitrogens is 3. The number of hydrogen-bond donors (Lipinski definition) is 0. The Kier molecular flexibility index (Phi) is 2.90. The van der Waals surface area contributed by atoms with Gasteiger partial charge in [0.25, 0.3) is 0 Å². The van der Waals surface area contributed by atoms with Gasteiger partial charge in [-0.3, -0.25) is 0 Å². The molecule has 2 atom stereocenters. The largest absolute Gasteiger partial charge is 0.354 e. The molecular formula is C13H17ClN4. The molecular weight excluding hydrogens is 248 g/mol. The number of aryl methyl sites for hydroxylation is 1. The number of pyridine rings is 1. The van der Waals surface area contributed by atoms with Crippen LogP contribution in [0.4, 0.5) is 5.82 Å². The summed E-state index contributed by atoms with van der Waals surface area (Å²) in [4.78, 5) is 11.3. The quantitative estimate of drug-likeness (QED) is 0.742. The second-order valence-electron chi connectivity index (χ2n) is 5.09. The van der Waals surface area contributed by atoms with Crippen molar-refractivity contribution in [1.29, 1.82) is 0 Å². The zero-order valence-electron chi connectivity index (χ0n) is 10.7. The third-order valence-electron chi connectivity index (χ3n) is 3.72. The van der Waals surface area contributed by atoms with Crippen LogP contribution in [-0.2, 0) is 7.05 Å². The van der Waals surface area contributed by atoms with E-state index in [9.17, 15) is 0 Å². The highest BCUT2D eigenvalue weighted by Crippen LogP contribution is 2.28. The number of anilines is 1. The standard InChI is InChI=1S/C13H17ClN4/c1-9-7-18(6-4-10(9)14)13-12-11(3-5-15-13)17(2)8-16-12/h3,5,8-10H,4,6-7H2,1-2H3. The Morgan fingerprint density at radius 2 is 2.22 bits per heavy atom. The second kappa shape index (κ2) is 4.43. The minimum Gasteiger partial charge on any atom is -0.354 e. The first kappa shape index (κ1) is 11.8. The molecule has 0 saturated carbocycles. The number of piperidine rings is 1. The molecule has 3 rings (SSSR count). The third-order valence-corrected chi connectivity index (χ3v) is 4.37. The molecule has 96 valence electrons. The van der Waals surface area contributed by atoms with Crippen molar-refractivity contribution in [1.82, 2.24) is 14.5 Å². The van der Waals surface area contributed by atoms with Gasteiger partial charge in [-0.15, -0.1) is 11.6 Å². The molecule has 1 aliphatic heterocycles. The Morgan fingerprint density at radius 1 is 1.39 bits per heavy atom. The van der Waals surface area contributed by atoms with Gasteiger partial charge in [-0.05, 0) is 18.4 Å². The summed E-state index contributed by atoms with van der Waals surface area (Å²) in [6, 6.07) is 2.00. The molecule has 5 heteroatoms. The lowest BCUT2D eigenvalue weighted by molar-refractivity contribution is 0.453. The number of alkyl halides is 1. The Hall–Kier alpha value is -1.29. The van der Waals surface area contributed by atoms with Gasteiger partial charge in [0.05, 0.1) is 11.8 Å². The fraction of sp³-hybridized carbons (Fsp3) is 0.538. The zero-order valence-corrected chi connectivity index (χ0v) is 11.4. The highest BCUT2D eigenvalue weighted by atomic mass is 35.5. The van der Waals surface area contributed by atoms with E-state index in [0.29, 0.717) is 5.92 Å². The Morgan fingerprint density at radius 3 is 3.00 bits per heavy atom. The van der Waals surface area contributed by atoms with Crippen molar-refractivity contribution in [2.75, 3.05) is 18.0 Å². The predicted octanol–water partition coefficient (Wildman–Crippen LogP) is 2.42. The van der Waals surface area contributed by atoms with Gasteiger partial charge in [-0.2, -0.15) is 0 Å². The molecule has 0 radical (unpaired) electrons. The number of nitrogens with zero attached hydrogens (tertiary/aromatic N) is 4. The van der Waals surface area contributed by atoms with Crippen LogP contribution in [0.15, 0.2) is 18.6 Å². The average Bonchev–Trinajstić information content (AvgIpc) is 2.75. The maximum Gasteiger partial charge on any atom is 0.156 e. The smallest absolute Gasteiger partial charge is 0.156 e. The first-order valence-corrected chi connectivity index (χ1v) is 6.75. The van der Waals surface area contributed by atoms with Gasteiger partial charge in [0.2, 0.25) is 0 Å². The van der Waals surface area contributed by atoms with Crippen LogP contribution in [0.25, 0.3) is 11.0 Å². The van der Waals surface area contributed by atoms with E-state index in [4.69, 9.17) is 11.6 Å². The van der Waals surface area contributed by atoms with E-state index in [0.717, 1.165) is 36.4 Å². The van der Waals surface area contributed by atoms with Gasteiger partial charge in [-0.25, -0.2) is 9.97 Å². The van der Waals surface area contributed by atoms with Crippen LogP contribution in [0, 0.1) is 5.92 Å². The van der Waals surface area contributed by atoms with Crippen LogP contribution in [0.1, 0.15) is 13.3 Å². The molecule has 2 aromatic heterocycles. The lowest BCUT2D eigenvalue weighted by Gasteiger charge is -2.34. The molecule has 0 N–H and O–H groups in total. The van der Waals surface area contributed by atoms with Gasteiger partial charge >= 0.3 is 0 Å². The van der Waals surface area contributed by atoms with E-state index in [1.54, 1.807) is 0 Å². The number of halogens is 1. The van der Waals surface area contributed by atoms with Crippen LogP contribution in [0.2, 0.25) is 0 Å². The molecule has 0 bridgehead atoms. The summed E-state index contributed by atoms with van der Waals surface area (Å²) < 4.78 is 2.03. The fourth-order valence-electron chi connectivity index (χ4n) is 2.59. The zero-order chi connectivity index (χ0) is 12.7. The molecule has 2 aromatic rings. The Bertz CT molecular complexity index is 565. The van der Waals surface area contributed by atoms with E-state index >= 15 is 0 Å². The molecule has 2 unspecified atom stereocenters. The molecule has 4 nitrogen and oxygen atoms in total. The molecule has 1 fully saturated rings. The molecule has 0 spiro atoms. The van der Waals surface area contributed by atoms with Crippen molar-refractivity contribution in [2.24, 2.45) is 13.0 Å². The first-order chi connectivity index (χ1) is 8.66. The summed E-state index contributed by atoms with van der Waals surface area (Å²) in [6.45, 7) is 4.11. The molecule has 0 aromatic carbocycles. The van der Waals surface area contributed by atoms with Crippen molar-refractivity contribution in [3.8, 4) is 0 Å². The van der Waals surface area contributed by atoms with Gasteiger partial charge in [0, 0.05) is 31.7 Å².